The fourth-order valence-electron chi connectivity index (χ4n) is 1.75. The second-order valence-electron chi connectivity index (χ2n) is 4.25. The van der Waals surface area contributed by atoms with Crippen LogP contribution in [-0.4, -0.2) is 25.8 Å². The van der Waals surface area contributed by atoms with Crippen molar-refractivity contribution in [1.82, 2.24) is 14.8 Å². The van der Waals surface area contributed by atoms with Crippen LogP contribution >= 0.6 is 0 Å². The summed E-state index contributed by atoms with van der Waals surface area (Å²) in [6, 6.07) is 4.36. The van der Waals surface area contributed by atoms with E-state index in [1.165, 1.54) is 18.5 Å². The van der Waals surface area contributed by atoms with E-state index in [0.717, 1.165) is 13.0 Å². The average Bonchev–Trinajstić information content (AvgIpc) is 2.85. The van der Waals surface area contributed by atoms with Gasteiger partial charge in [0.05, 0.1) is 11.3 Å². The lowest BCUT2D eigenvalue weighted by Crippen LogP contribution is -2.09. The number of carboxylic acids is 1. The summed E-state index contributed by atoms with van der Waals surface area (Å²) in [4.78, 5) is 14.9. The predicted octanol–water partition coefficient (Wildman–Crippen LogP) is 1.55. The monoisotopic (exact) mass is 276 g/mol. The van der Waals surface area contributed by atoms with Crippen molar-refractivity contribution in [3.8, 4) is 5.75 Å². The number of aryl methyl sites for hydroxylation is 1. The molecule has 0 aliphatic rings. The molecule has 7 nitrogen and oxygen atoms in total. The minimum atomic E-state index is -1.02. The number of aromatic carboxylic acids is 1. The third-order valence-corrected chi connectivity index (χ3v) is 2.74. The molecule has 0 unspecified atom stereocenters. The number of aromatic nitrogens is 3. The standard InChI is InChI=1S/C13H16N4O3/c1-2-5-17-12(15-8-16-17)7-20-11-4-3-9(13(18)19)6-10(11)14/h3-4,6,8H,2,5,7,14H2,1H3,(H,18,19). The molecule has 0 saturated heterocycles. The van der Waals surface area contributed by atoms with Crippen molar-refractivity contribution < 1.29 is 14.6 Å². The number of benzene rings is 1. The molecule has 106 valence electrons. The Morgan fingerprint density at radius 3 is 2.95 bits per heavy atom. The Hall–Kier alpha value is -2.57. The molecular weight excluding hydrogens is 260 g/mol. The van der Waals surface area contributed by atoms with Gasteiger partial charge in [0.25, 0.3) is 0 Å². The van der Waals surface area contributed by atoms with Crippen LogP contribution in [0.15, 0.2) is 24.5 Å². The van der Waals surface area contributed by atoms with Crippen LogP contribution < -0.4 is 10.5 Å². The van der Waals surface area contributed by atoms with E-state index >= 15 is 0 Å². The highest BCUT2D eigenvalue weighted by Crippen LogP contribution is 2.23. The molecule has 0 amide bonds. The number of rotatable bonds is 6. The molecule has 20 heavy (non-hydrogen) atoms. The third-order valence-electron chi connectivity index (χ3n) is 2.74. The molecule has 0 atom stereocenters. The summed E-state index contributed by atoms with van der Waals surface area (Å²) in [5.74, 6) is 0.112. The number of nitrogen functional groups attached to an aromatic ring is 1. The molecule has 0 bridgehead atoms. The summed E-state index contributed by atoms with van der Waals surface area (Å²) in [7, 11) is 0. The molecule has 0 aliphatic carbocycles. The second-order valence-corrected chi connectivity index (χ2v) is 4.25. The number of ether oxygens (including phenoxy) is 1. The first kappa shape index (κ1) is 13.9. The van der Waals surface area contributed by atoms with Gasteiger partial charge in [-0.2, -0.15) is 5.10 Å². The average molecular weight is 276 g/mol. The Morgan fingerprint density at radius 2 is 2.30 bits per heavy atom. The van der Waals surface area contributed by atoms with E-state index in [0.29, 0.717) is 11.6 Å². The van der Waals surface area contributed by atoms with Crippen LogP contribution in [0.4, 0.5) is 5.69 Å². The molecule has 3 N–H and O–H groups in total. The van der Waals surface area contributed by atoms with Gasteiger partial charge in [0.2, 0.25) is 0 Å². The van der Waals surface area contributed by atoms with E-state index in [1.807, 2.05) is 0 Å². The number of nitrogens with zero attached hydrogens (tertiary/aromatic N) is 3. The number of nitrogens with two attached hydrogens (primary N) is 1. The summed E-state index contributed by atoms with van der Waals surface area (Å²) in [6.45, 7) is 3.05. The molecule has 7 heteroatoms. The second kappa shape index (κ2) is 6.05. The first-order valence-corrected chi connectivity index (χ1v) is 6.24. The van der Waals surface area contributed by atoms with Gasteiger partial charge in [-0.15, -0.1) is 0 Å². The topological polar surface area (TPSA) is 103 Å². The summed E-state index contributed by atoms with van der Waals surface area (Å²) in [5, 5.41) is 13.0. The molecule has 0 spiro atoms. The van der Waals surface area contributed by atoms with Crippen LogP contribution in [0.3, 0.4) is 0 Å². The zero-order chi connectivity index (χ0) is 14.5. The summed E-state index contributed by atoms with van der Waals surface area (Å²) in [6.07, 6.45) is 2.43. The molecule has 0 saturated carbocycles. The highest BCUT2D eigenvalue weighted by Gasteiger charge is 2.09. The molecule has 1 heterocycles. The van der Waals surface area contributed by atoms with Crippen molar-refractivity contribution in [3.05, 3.63) is 35.9 Å². The number of carbonyl (C=O) groups is 1. The minimum Gasteiger partial charge on any atom is -0.483 e. The fourth-order valence-corrected chi connectivity index (χ4v) is 1.75. The SMILES string of the molecule is CCCn1ncnc1COc1ccc(C(=O)O)cc1N. The van der Waals surface area contributed by atoms with Crippen molar-refractivity contribution in [2.75, 3.05) is 5.73 Å². The Labute approximate surface area is 116 Å². The Kier molecular flexibility index (Phi) is 4.19. The summed E-state index contributed by atoms with van der Waals surface area (Å²) in [5.41, 5.74) is 6.18. The predicted molar refractivity (Wildman–Crippen MR) is 72.5 cm³/mol. The first-order valence-electron chi connectivity index (χ1n) is 6.24. The lowest BCUT2D eigenvalue weighted by atomic mass is 10.2. The molecule has 2 aromatic rings. The largest absolute Gasteiger partial charge is 0.483 e. The van der Waals surface area contributed by atoms with Crippen LogP contribution in [-0.2, 0) is 13.2 Å². The van der Waals surface area contributed by atoms with Crippen LogP contribution in [0, 0.1) is 0 Å². The highest BCUT2D eigenvalue weighted by molar-refractivity contribution is 5.89. The number of carboxylic acid groups (broad SMARTS) is 1. The quantitative estimate of drug-likeness (QED) is 0.776. The van der Waals surface area contributed by atoms with Crippen molar-refractivity contribution in [3.63, 3.8) is 0 Å². The molecular formula is C13H16N4O3. The maximum Gasteiger partial charge on any atom is 0.335 e. The minimum absolute atomic E-state index is 0.129. The van der Waals surface area contributed by atoms with Gasteiger partial charge < -0.3 is 15.6 Å². The van der Waals surface area contributed by atoms with Crippen molar-refractivity contribution >= 4 is 11.7 Å². The number of hydrogen-bond donors (Lipinski definition) is 2. The van der Waals surface area contributed by atoms with Gasteiger partial charge in [0.1, 0.15) is 18.7 Å². The summed E-state index contributed by atoms with van der Waals surface area (Å²) >= 11 is 0. The van der Waals surface area contributed by atoms with E-state index in [-0.39, 0.29) is 17.9 Å². The number of hydrogen-bond acceptors (Lipinski definition) is 5. The summed E-state index contributed by atoms with van der Waals surface area (Å²) < 4.78 is 7.33. The van der Waals surface area contributed by atoms with Crippen LogP contribution in [0.2, 0.25) is 0 Å². The van der Waals surface area contributed by atoms with E-state index < -0.39 is 5.97 Å². The molecule has 1 aromatic heterocycles. The van der Waals surface area contributed by atoms with Crippen LogP contribution in [0.1, 0.15) is 29.5 Å². The van der Waals surface area contributed by atoms with E-state index in [9.17, 15) is 4.79 Å². The molecule has 0 fully saturated rings. The lowest BCUT2D eigenvalue weighted by Gasteiger charge is -2.09. The smallest absolute Gasteiger partial charge is 0.335 e. The van der Waals surface area contributed by atoms with E-state index in [4.69, 9.17) is 15.6 Å². The normalized spacial score (nSPS) is 10.4. The van der Waals surface area contributed by atoms with Crippen molar-refractivity contribution in [1.29, 1.82) is 0 Å². The fraction of sp³-hybridized carbons (Fsp3) is 0.308. The van der Waals surface area contributed by atoms with Crippen molar-refractivity contribution in [2.24, 2.45) is 0 Å². The van der Waals surface area contributed by atoms with E-state index in [2.05, 4.69) is 17.0 Å². The van der Waals surface area contributed by atoms with Gasteiger partial charge >= 0.3 is 5.97 Å². The van der Waals surface area contributed by atoms with Crippen molar-refractivity contribution in [2.45, 2.75) is 26.5 Å². The Bertz CT molecular complexity index is 609. The molecule has 0 radical (unpaired) electrons. The van der Waals surface area contributed by atoms with Gasteiger partial charge in [-0.05, 0) is 24.6 Å². The maximum atomic E-state index is 10.8. The van der Waals surface area contributed by atoms with Gasteiger partial charge in [0.15, 0.2) is 5.82 Å². The van der Waals surface area contributed by atoms with Gasteiger partial charge in [0, 0.05) is 6.54 Å². The van der Waals surface area contributed by atoms with Crippen LogP contribution in [0.5, 0.6) is 5.75 Å². The van der Waals surface area contributed by atoms with E-state index in [1.54, 1.807) is 10.7 Å². The van der Waals surface area contributed by atoms with Gasteiger partial charge in [-0.1, -0.05) is 6.92 Å². The molecule has 0 aliphatic heterocycles. The van der Waals surface area contributed by atoms with Gasteiger partial charge in [-0.25, -0.2) is 14.5 Å². The Morgan fingerprint density at radius 1 is 1.50 bits per heavy atom. The zero-order valence-electron chi connectivity index (χ0n) is 11.1. The first-order chi connectivity index (χ1) is 9.61. The lowest BCUT2D eigenvalue weighted by molar-refractivity contribution is 0.0697. The third kappa shape index (κ3) is 3.05. The van der Waals surface area contributed by atoms with Gasteiger partial charge in [-0.3, -0.25) is 0 Å². The zero-order valence-corrected chi connectivity index (χ0v) is 11.1. The maximum absolute atomic E-state index is 10.8. The Balaban J connectivity index is 2.07. The van der Waals surface area contributed by atoms with Crippen LogP contribution in [0.25, 0.3) is 0 Å². The molecule has 1 aromatic carbocycles. The molecule has 2 rings (SSSR count). The number of anilines is 1. The highest BCUT2D eigenvalue weighted by atomic mass is 16.5.